The highest BCUT2D eigenvalue weighted by Gasteiger charge is 2.45. The zero-order valence-corrected chi connectivity index (χ0v) is 18.0. The average molecular weight is 450 g/mol. The Hall–Kier alpha value is -3.24. The van der Waals surface area contributed by atoms with Crippen molar-refractivity contribution in [3.8, 4) is 0 Å². The first kappa shape index (κ1) is 21.6. The zero-order valence-electron chi connectivity index (χ0n) is 18.0. The van der Waals surface area contributed by atoms with E-state index in [9.17, 15) is 15.3 Å². The lowest BCUT2D eigenvalue weighted by Crippen LogP contribution is -2.44. The molecule has 0 radical (unpaired) electrons. The van der Waals surface area contributed by atoms with E-state index in [4.69, 9.17) is 10.1 Å². The number of nitrogens with one attached hydrogen (secondary N) is 2. The van der Waals surface area contributed by atoms with Gasteiger partial charge in [-0.3, -0.25) is 9.98 Å². The summed E-state index contributed by atoms with van der Waals surface area (Å²) in [6, 6.07) is 20.2. The van der Waals surface area contributed by atoms with Crippen LogP contribution in [0, 0.1) is 5.41 Å². The number of anilines is 1. The Morgan fingerprint density at radius 3 is 2.42 bits per heavy atom. The molecule has 5 atom stereocenters. The lowest BCUT2D eigenvalue weighted by molar-refractivity contribution is -0.0519. The molecule has 0 aliphatic carbocycles. The minimum Gasteiger partial charge on any atom is -0.394 e. The molecule has 3 aromatic rings. The van der Waals surface area contributed by atoms with E-state index in [-0.39, 0.29) is 11.9 Å². The maximum absolute atomic E-state index is 10.4. The van der Waals surface area contributed by atoms with Crippen LogP contribution in [0.3, 0.4) is 0 Å². The smallest absolute Gasteiger partial charge is 0.165 e. The van der Waals surface area contributed by atoms with Crippen molar-refractivity contribution in [2.75, 3.05) is 18.6 Å². The van der Waals surface area contributed by atoms with Gasteiger partial charge in [0, 0.05) is 0 Å². The molecule has 5 rings (SSSR count). The molecule has 2 aliphatic heterocycles. The molecule has 2 aromatic carbocycles. The Labute approximate surface area is 191 Å². The summed E-state index contributed by atoms with van der Waals surface area (Å²) in [5.41, 5.74) is 2.70. The minimum atomic E-state index is -1.22. The summed E-state index contributed by atoms with van der Waals surface area (Å²) in [5.74, 6) is 0.802. The number of hydrogen-bond acceptors (Lipinski definition) is 7. The molecule has 3 heterocycles. The van der Waals surface area contributed by atoms with E-state index in [2.05, 4.69) is 34.6 Å². The molecule has 9 heteroatoms. The summed E-state index contributed by atoms with van der Waals surface area (Å²) < 4.78 is 7.24. The van der Waals surface area contributed by atoms with Gasteiger partial charge in [0.15, 0.2) is 12.1 Å². The van der Waals surface area contributed by atoms with E-state index in [0.29, 0.717) is 18.2 Å². The minimum absolute atomic E-state index is 0.0826. The first-order valence-corrected chi connectivity index (χ1v) is 11.0. The molecule has 1 aromatic heterocycles. The largest absolute Gasteiger partial charge is 0.394 e. The number of benzene rings is 2. The molecule has 5 N–H and O–H groups in total. The number of aliphatic hydroxyl groups excluding tert-OH is 3. The number of amidine groups is 1. The lowest BCUT2D eigenvalue weighted by atomic mass is 9.97. The molecule has 0 bridgehead atoms. The highest BCUT2D eigenvalue weighted by molar-refractivity contribution is 6.00. The van der Waals surface area contributed by atoms with Crippen LogP contribution in [0.25, 0.3) is 0 Å². The van der Waals surface area contributed by atoms with Gasteiger partial charge in [-0.25, -0.2) is 4.98 Å². The standard InChI is InChI=1S/C24H27N5O4/c25-22-19-23(29(13-26-19)24-21(32)20(31)18(12-30)33-24)27-14-28(22)17(16-9-5-2-6-10-16)11-15-7-3-1-4-8-15/h1-10,13,17-18,20-21,24-25,27,30-32H,11-12,14H2/t17?,18-,20-,21-,24-/m1/s1. The molecule has 33 heavy (non-hydrogen) atoms. The number of rotatable bonds is 6. The van der Waals surface area contributed by atoms with Gasteiger partial charge < -0.3 is 30.3 Å². The van der Waals surface area contributed by atoms with Gasteiger partial charge in [0.05, 0.1) is 25.6 Å². The third-order valence-corrected chi connectivity index (χ3v) is 6.35. The van der Waals surface area contributed by atoms with Gasteiger partial charge in [-0.2, -0.15) is 0 Å². The monoisotopic (exact) mass is 449 g/mol. The topological polar surface area (TPSA) is 127 Å². The normalized spacial score (nSPS) is 25.5. The van der Waals surface area contributed by atoms with E-state index in [1.165, 1.54) is 11.9 Å². The molecule has 172 valence electrons. The van der Waals surface area contributed by atoms with Crippen molar-refractivity contribution in [2.24, 2.45) is 0 Å². The third kappa shape index (κ3) is 3.89. The molecular weight excluding hydrogens is 422 g/mol. The van der Waals surface area contributed by atoms with E-state index in [1.807, 2.05) is 41.3 Å². The Morgan fingerprint density at radius 2 is 1.76 bits per heavy atom. The van der Waals surface area contributed by atoms with Crippen molar-refractivity contribution in [1.82, 2.24) is 14.5 Å². The summed E-state index contributed by atoms with van der Waals surface area (Å²) in [7, 11) is 0. The summed E-state index contributed by atoms with van der Waals surface area (Å²) >= 11 is 0. The summed E-state index contributed by atoms with van der Waals surface area (Å²) in [5, 5.41) is 42.2. The fourth-order valence-electron chi connectivity index (χ4n) is 4.57. The Morgan fingerprint density at radius 1 is 1.06 bits per heavy atom. The fraction of sp³-hybridized carbons (Fsp3) is 0.333. The van der Waals surface area contributed by atoms with Crippen LogP contribution in [0.2, 0.25) is 0 Å². The molecule has 0 amide bonds. The van der Waals surface area contributed by atoms with Crippen LogP contribution < -0.4 is 5.32 Å². The summed E-state index contributed by atoms with van der Waals surface area (Å²) in [4.78, 5) is 6.40. The second-order valence-electron chi connectivity index (χ2n) is 8.35. The molecule has 1 unspecified atom stereocenters. The van der Waals surface area contributed by atoms with Gasteiger partial charge in [-0.15, -0.1) is 0 Å². The van der Waals surface area contributed by atoms with Crippen molar-refractivity contribution >= 4 is 11.7 Å². The van der Waals surface area contributed by atoms with Crippen LogP contribution in [-0.4, -0.2) is 67.2 Å². The van der Waals surface area contributed by atoms with Crippen LogP contribution in [0.15, 0.2) is 67.0 Å². The number of hydrogen-bond donors (Lipinski definition) is 5. The van der Waals surface area contributed by atoms with Crippen LogP contribution in [0.1, 0.15) is 29.1 Å². The Kier molecular flexibility index (Phi) is 5.86. The maximum atomic E-state index is 10.4. The predicted octanol–water partition coefficient (Wildman–Crippen LogP) is 1.49. The number of nitrogens with zero attached hydrogens (tertiary/aromatic N) is 3. The number of imidazole rings is 1. The second kappa shape index (κ2) is 8.95. The van der Waals surface area contributed by atoms with E-state index in [1.54, 1.807) is 4.57 Å². The van der Waals surface area contributed by atoms with Crippen LogP contribution in [0.5, 0.6) is 0 Å². The molecule has 1 saturated heterocycles. The number of aromatic nitrogens is 2. The van der Waals surface area contributed by atoms with Crippen molar-refractivity contribution in [3.63, 3.8) is 0 Å². The first-order chi connectivity index (χ1) is 16.1. The lowest BCUT2D eigenvalue weighted by Gasteiger charge is -2.37. The summed E-state index contributed by atoms with van der Waals surface area (Å²) in [6.07, 6.45) is -1.99. The number of ether oxygens (including phenoxy) is 1. The van der Waals surface area contributed by atoms with Crippen molar-refractivity contribution in [3.05, 3.63) is 83.8 Å². The molecule has 0 saturated carbocycles. The molecule has 1 fully saturated rings. The molecular formula is C24H27N5O4. The van der Waals surface area contributed by atoms with Crippen molar-refractivity contribution < 1.29 is 20.1 Å². The average Bonchev–Trinajstić information content (AvgIpc) is 3.40. The Balaban J connectivity index is 1.44. The number of aliphatic hydroxyl groups is 3. The van der Waals surface area contributed by atoms with E-state index >= 15 is 0 Å². The maximum Gasteiger partial charge on any atom is 0.165 e. The SMILES string of the molecule is N=C1c2ncn([C@@H]3O[C@H](CO)[C@@H](O)[C@H]3O)c2NCN1C(Cc1ccccc1)c1ccccc1. The van der Waals surface area contributed by atoms with Gasteiger partial charge in [0.2, 0.25) is 0 Å². The Bertz CT molecular complexity index is 1110. The fourth-order valence-corrected chi connectivity index (χ4v) is 4.57. The number of fused-ring (bicyclic) bond motifs is 1. The van der Waals surface area contributed by atoms with E-state index < -0.39 is 31.1 Å². The van der Waals surface area contributed by atoms with Crippen LogP contribution >= 0.6 is 0 Å². The first-order valence-electron chi connectivity index (χ1n) is 11.0. The van der Waals surface area contributed by atoms with Gasteiger partial charge in [-0.1, -0.05) is 60.7 Å². The van der Waals surface area contributed by atoms with Crippen LogP contribution in [-0.2, 0) is 11.2 Å². The van der Waals surface area contributed by atoms with Gasteiger partial charge in [0.1, 0.15) is 29.8 Å². The zero-order chi connectivity index (χ0) is 22.9. The predicted molar refractivity (Wildman–Crippen MR) is 122 cm³/mol. The van der Waals surface area contributed by atoms with Gasteiger partial charge in [-0.05, 0) is 17.5 Å². The highest BCUT2D eigenvalue weighted by Crippen LogP contribution is 2.36. The van der Waals surface area contributed by atoms with Crippen molar-refractivity contribution in [2.45, 2.75) is 37.0 Å². The van der Waals surface area contributed by atoms with Crippen LogP contribution in [0.4, 0.5) is 5.82 Å². The molecule has 2 aliphatic rings. The van der Waals surface area contributed by atoms with Gasteiger partial charge >= 0.3 is 0 Å². The molecule has 0 spiro atoms. The van der Waals surface area contributed by atoms with E-state index in [0.717, 1.165) is 12.0 Å². The van der Waals surface area contributed by atoms with Gasteiger partial charge in [0.25, 0.3) is 0 Å². The third-order valence-electron chi connectivity index (χ3n) is 6.35. The highest BCUT2D eigenvalue weighted by atomic mass is 16.6. The quantitative estimate of drug-likeness (QED) is 0.386. The molecule has 9 nitrogen and oxygen atoms in total. The second-order valence-corrected chi connectivity index (χ2v) is 8.35. The van der Waals surface area contributed by atoms with Crippen molar-refractivity contribution in [1.29, 1.82) is 5.41 Å². The summed E-state index contributed by atoms with van der Waals surface area (Å²) in [6.45, 7) is -0.0421.